The van der Waals surface area contributed by atoms with Gasteiger partial charge in [0.2, 0.25) is 11.8 Å². The van der Waals surface area contributed by atoms with Gasteiger partial charge in [0, 0.05) is 36.8 Å². The minimum absolute atomic E-state index is 0.0305. The number of ether oxygens (including phenoxy) is 1. The molecule has 45 heavy (non-hydrogen) atoms. The molecule has 5 rings (SSSR count). The lowest BCUT2D eigenvalue weighted by atomic mass is 9.84. The zero-order chi connectivity index (χ0) is 32.3. The zero-order valence-corrected chi connectivity index (χ0v) is 26.8. The van der Waals surface area contributed by atoms with Gasteiger partial charge >= 0.3 is 0 Å². The standard InChI is InChI=1S/C23H27NO2.C16H21NO2/c1-3-14-23(18-26-16-20-10-6-4-7-11-20)15-22(25)24(17-23)19(2)21-12-8-5-9-13-21;1-3-9-16(12-18)10-15(19)17(11-16)13(2)14-7-5-4-6-8-14/h3-13,19H,1,14-18H2,2H3;3-8,13,18H,1,9-12H2,2H3/t19-,23-;13-,16-/m11/s1. The van der Waals surface area contributed by atoms with Gasteiger partial charge in [0.1, 0.15) is 0 Å². The van der Waals surface area contributed by atoms with Crippen molar-refractivity contribution in [1.29, 1.82) is 0 Å². The van der Waals surface area contributed by atoms with E-state index in [1.807, 2.05) is 89.5 Å². The Morgan fingerprint density at radius 2 is 1.16 bits per heavy atom. The Balaban J connectivity index is 0.000000215. The SMILES string of the molecule is C=CC[C@@]1(CO)CC(=O)N([C@H](C)c2ccccc2)C1.C=CC[C@@]1(COCc2ccccc2)CC(=O)N([C@H](C)c2ccccc2)C1. The minimum atomic E-state index is -0.345. The molecule has 2 aliphatic rings. The van der Waals surface area contributed by atoms with Crippen molar-refractivity contribution in [2.75, 3.05) is 26.3 Å². The molecule has 2 saturated heterocycles. The first-order chi connectivity index (χ1) is 21.7. The van der Waals surface area contributed by atoms with Gasteiger partial charge in [0.05, 0.1) is 31.9 Å². The molecular formula is C39H48N2O4. The summed E-state index contributed by atoms with van der Waals surface area (Å²) in [5, 5.41) is 9.61. The van der Waals surface area contributed by atoms with Crippen LogP contribution in [0.2, 0.25) is 0 Å². The molecule has 1 N–H and O–H groups in total. The second kappa shape index (κ2) is 15.8. The van der Waals surface area contributed by atoms with E-state index in [0.717, 1.165) is 17.5 Å². The van der Waals surface area contributed by atoms with Crippen LogP contribution in [0.3, 0.4) is 0 Å². The van der Waals surface area contributed by atoms with E-state index in [0.29, 0.717) is 45.6 Å². The van der Waals surface area contributed by atoms with E-state index >= 15 is 0 Å². The summed E-state index contributed by atoms with van der Waals surface area (Å²) in [5.74, 6) is 0.318. The number of hydrogen-bond donors (Lipinski definition) is 1. The van der Waals surface area contributed by atoms with Gasteiger partial charge in [0.15, 0.2) is 0 Å². The van der Waals surface area contributed by atoms with Crippen LogP contribution in [-0.2, 0) is 20.9 Å². The number of carbonyl (C=O) groups is 2. The second-order valence-electron chi connectivity index (χ2n) is 12.7. The summed E-state index contributed by atoms with van der Waals surface area (Å²) in [4.78, 5) is 28.8. The fraction of sp³-hybridized carbons (Fsp3) is 0.385. The average molecular weight is 609 g/mol. The molecule has 2 amide bonds. The number of rotatable bonds is 13. The predicted octanol–water partition coefficient (Wildman–Crippen LogP) is 7.29. The van der Waals surface area contributed by atoms with E-state index in [-0.39, 0.29) is 41.3 Å². The van der Waals surface area contributed by atoms with E-state index in [2.05, 4.69) is 44.3 Å². The number of aliphatic hydroxyl groups excluding tert-OH is 1. The van der Waals surface area contributed by atoms with Gasteiger partial charge in [-0.3, -0.25) is 9.59 Å². The van der Waals surface area contributed by atoms with E-state index in [1.165, 1.54) is 5.56 Å². The number of allylic oxidation sites excluding steroid dienone is 2. The number of aliphatic hydroxyl groups is 1. The third kappa shape index (κ3) is 8.59. The Hall–Kier alpha value is -4.00. The van der Waals surface area contributed by atoms with Crippen LogP contribution < -0.4 is 0 Å². The molecule has 2 heterocycles. The molecule has 0 aliphatic carbocycles. The first kappa shape index (κ1) is 33.9. The maximum atomic E-state index is 12.7. The molecule has 3 aromatic rings. The summed E-state index contributed by atoms with van der Waals surface area (Å²) in [7, 11) is 0. The average Bonchev–Trinajstić information content (AvgIpc) is 3.58. The van der Waals surface area contributed by atoms with Crippen LogP contribution in [0, 0.1) is 10.8 Å². The number of likely N-dealkylation sites (tertiary alicyclic amines) is 2. The van der Waals surface area contributed by atoms with E-state index < -0.39 is 0 Å². The fourth-order valence-corrected chi connectivity index (χ4v) is 6.56. The largest absolute Gasteiger partial charge is 0.396 e. The van der Waals surface area contributed by atoms with Crippen molar-refractivity contribution in [3.63, 3.8) is 0 Å². The van der Waals surface area contributed by atoms with Gasteiger partial charge in [-0.05, 0) is 43.4 Å². The molecule has 4 atom stereocenters. The summed E-state index contributed by atoms with van der Waals surface area (Å²) in [6, 6.07) is 30.5. The highest BCUT2D eigenvalue weighted by Crippen LogP contribution is 2.40. The van der Waals surface area contributed by atoms with Crippen LogP contribution in [0.25, 0.3) is 0 Å². The quantitative estimate of drug-likeness (QED) is 0.207. The third-order valence-corrected chi connectivity index (χ3v) is 9.21. The molecule has 2 fully saturated rings. The number of carbonyl (C=O) groups excluding carboxylic acids is 2. The van der Waals surface area contributed by atoms with Crippen molar-refractivity contribution in [1.82, 2.24) is 9.80 Å². The molecule has 6 nitrogen and oxygen atoms in total. The molecule has 3 aromatic carbocycles. The van der Waals surface area contributed by atoms with Crippen LogP contribution in [-0.4, -0.2) is 53.0 Å². The van der Waals surface area contributed by atoms with Crippen LogP contribution in [0.4, 0.5) is 0 Å². The number of benzene rings is 3. The topological polar surface area (TPSA) is 70.1 Å². The lowest BCUT2D eigenvalue weighted by Crippen LogP contribution is -2.33. The second-order valence-corrected chi connectivity index (χ2v) is 12.7. The van der Waals surface area contributed by atoms with Crippen LogP contribution >= 0.6 is 0 Å². The summed E-state index contributed by atoms with van der Waals surface area (Å²) >= 11 is 0. The molecule has 0 unspecified atom stereocenters. The van der Waals surface area contributed by atoms with Crippen LogP contribution in [0.1, 0.15) is 68.3 Å². The van der Waals surface area contributed by atoms with Crippen molar-refractivity contribution in [3.05, 3.63) is 133 Å². The lowest BCUT2D eigenvalue weighted by Gasteiger charge is -2.30. The first-order valence-electron chi connectivity index (χ1n) is 15.9. The molecule has 0 bridgehead atoms. The normalized spacial score (nSPS) is 22.5. The van der Waals surface area contributed by atoms with Gasteiger partial charge in [-0.1, -0.05) is 103 Å². The smallest absolute Gasteiger partial charge is 0.223 e. The maximum absolute atomic E-state index is 12.7. The lowest BCUT2D eigenvalue weighted by molar-refractivity contribution is -0.130. The molecule has 2 aliphatic heterocycles. The Kier molecular flexibility index (Phi) is 11.9. The first-order valence-corrected chi connectivity index (χ1v) is 15.9. The summed E-state index contributed by atoms with van der Waals surface area (Å²) in [5.41, 5.74) is 2.92. The highest BCUT2D eigenvalue weighted by Gasteiger charge is 2.45. The van der Waals surface area contributed by atoms with Gasteiger partial charge < -0.3 is 19.6 Å². The number of amides is 2. The van der Waals surface area contributed by atoms with Crippen molar-refractivity contribution in [2.45, 2.75) is 58.2 Å². The van der Waals surface area contributed by atoms with Crippen molar-refractivity contribution < 1.29 is 19.4 Å². The van der Waals surface area contributed by atoms with Gasteiger partial charge in [-0.25, -0.2) is 0 Å². The Bertz CT molecular complexity index is 1400. The van der Waals surface area contributed by atoms with Gasteiger partial charge in [-0.2, -0.15) is 0 Å². The molecule has 0 aromatic heterocycles. The molecule has 238 valence electrons. The zero-order valence-electron chi connectivity index (χ0n) is 26.8. The summed E-state index contributed by atoms with van der Waals surface area (Å²) in [6.07, 6.45) is 6.09. The molecule has 0 saturated carbocycles. The van der Waals surface area contributed by atoms with Gasteiger partial charge in [0.25, 0.3) is 0 Å². The summed E-state index contributed by atoms with van der Waals surface area (Å²) < 4.78 is 6.01. The van der Waals surface area contributed by atoms with E-state index in [9.17, 15) is 14.7 Å². The highest BCUT2D eigenvalue weighted by atomic mass is 16.5. The molecule has 6 heteroatoms. The van der Waals surface area contributed by atoms with Crippen molar-refractivity contribution >= 4 is 11.8 Å². The van der Waals surface area contributed by atoms with Crippen molar-refractivity contribution in [3.8, 4) is 0 Å². The molecular weight excluding hydrogens is 560 g/mol. The summed E-state index contributed by atoms with van der Waals surface area (Å²) in [6.45, 7) is 14.2. The monoisotopic (exact) mass is 608 g/mol. The van der Waals surface area contributed by atoms with Crippen LogP contribution in [0.15, 0.2) is 116 Å². The highest BCUT2D eigenvalue weighted by molar-refractivity contribution is 5.80. The Morgan fingerprint density at radius 1 is 0.733 bits per heavy atom. The number of hydrogen-bond acceptors (Lipinski definition) is 4. The van der Waals surface area contributed by atoms with Gasteiger partial charge in [-0.15, -0.1) is 13.2 Å². The molecule has 0 radical (unpaired) electrons. The molecule has 0 spiro atoms. The minimum Gasteiger partial charge on any atom is -0.396 e. The van der Waals surface area contributed by atoms with E-state index in [4.69, 9.17) is 4.74 Å². The maximum Gasteiger partial charge on any atom is 0.223 e. The van der Waals surface area contributed by atoms with Crippen LogP contribution in [0.5, 0.6) is 0 Å². The van der Waals surface area contributed by atoms with Crippen molar-refractivity contribution in [2.24, 2.45) is 10.8 Å². The predicted molar refractivity (Wildman–Crippen MR) is 180 cm³/mol. The fourth-order valence-electron chi connectivity index (χ4n) is 6.56. The van der Waals surface area contributed by atoms with E-state index in [1.54, 1.807) is 6.08 Å². The number of nitrogens with zero attached hydrogens (tertiary/aromatic N) is 2. The Labute approximate surface area is 269 Å². The Morgan fingerprint density at radius 3 is 1.62 bits per heavy atom. The third-order valence-electron chi connectivity index (χ3n) is 9.21.